The second-order valence-corrected chi connectivity index (χ2v) is 9.57. The van der Waals surface area contributed by atoms with E-state index in [1.54, 1.807) is 19.9 Å². The number of benzene rings is 2. The van der Waals surface area contributed by atoms with Gasteiger partial charge in [-0.3, -0.25) is 4.57 Å². The molecular weight excluding hydrogens is 397 g/mol. The number of halogens is 2. The molecule has 29 heavy (non-hydrogen) atoms. The first-order chi connectivity index (χ1) is 13.6. The van der Waals surface area contributed by atoms with Gasteiger partial charge >= 0.3 is 7.60 Å². The lowest BCUT2D eigenvalue weighted by Gasteiger charge is -2.28. The maximum Gasteiger partial charge on any atom is 0.356 e. The molecule has 158 valence electrons. The van der Waals surface area contributed by atoms with E-state index in [-0.39, 0.29) is 22.7 Å². The Kier molecular flexibility index (Phi) is 6.47. The lowest BCUT2D eigenvalue weighted by atomic mass is 9.77. The van der Waals surface area contributed by atoms with Gasteiger partial charge in [0.15, 0.2) is 11.6 Å². The van der Waals surface area contributed by atoms with Gasteiger partial charge in [0.1, 0.15) is 5.75 Å². The molecule has 0 atom stereocenters. The molecule has 1 aliphatic carbocycles. The minimum absolute atomic E-state index is 0.0207. The van der Waals surface area contributed by atoms with E-state index in [2.05, 4.69) is 6.92 Å². The van der Waals surface area contributed by atoms with Crippen molar-refractivity contribution < 1.29 is 27.9 Å². The van der Waals surface area contributed by atoms with Gasteiger partial charge in [-0.15, -0.1) is 0 Å². The summed E-state index contributed by atoms with van der Waals surface area (Å²) in [4.78, 5) is 18.7. The predicted octanol–water partition coefficient (Wildman–Crippen LogP) is 5.86. The van der Waals surface area contributed by atoms with Crippen LogP contribution >= 0.6 is 7.60 Å². The number of aryl methyl sites for hydroxylation is 2. The zero-order valence-corrected chi connectivity index (χ0v) is 17.8. The Labute approximate surface area is 170 Å². The first-order valence-electron chi connectivity index (χ1n) is 9.94. The lowest BCUT2D eigenvalue weighted by Crippen LogP contribution is -2.14. The Morgan fingerprint density at radius 3 is 2.14 bits per heavy atom. The van der Waals surface area contributed by atoms with E-state index in [1.807, 2.05) is 0 Å². The summed E-state index contributed by atoms with van der Waals surface area (Å²) in [5.41, 5.74) is 1.27. The molecule has 2 aromatic carbocycles. The first-order valence-corrected chi connectivity index (χ1v) is 11.6. The Hall–Kier alpha value is -1.75. The van der Waals surface area contributed by atoms with Crippen molar-refractivity contribution in [2.24, 2.45) is 5.92 Å². The molecule has 0 radical (unpaired) electrons. The number of rotatable bonds is 5. The molecule has 0 unspecified atom stereocenters. The zero-order valence-electron chi connectivity index (χ0n) is 16.9. The average Bonchev–Trinajstić information content (AvgIpc) is 2.67. The summed E-state index contributed by atoms with van der Waals surface area (Å²) in [5.74, 6) is -1.18. The van der Waals surface area contributed by atoms with Gasteiger partial charge in [0, 0.05) is 0 Å². The summed E-state index contributed by atoms with van der Waals surface area (Å²) in [6.07, 6.45) is 4.90. The quantitative estimate of drug-likeness (QED) is 0.590. The summed E-state index contributed by atoms with van der Waals surface area (Å²) >= 11 is 0. The van der Waals surface area contributed by atoms with Crippen molar-refractivity contribution in [2.45, 2.75) is 58.8 Å². The van der Waals surface area contributed by atoms with Crippen LogP contribution in [-0.4, -0.2) is 9.79 Å². The highest BCUT2D eigenvalue weighted by atomic mass is 31.2. The average molecular weight is 424 g/mol. The normalized spacial score (nSPS) is 20.0. The van der Waals surface area contributed by atoms with Crippen LogP contribution in [0.1, 0.15) is 61.6 Å². The molecule has 0 bridgehead atoms. The SMILES string of the molecule is CCC1CCC(c2ccc(Oc3c(C)cc(P(=O)(O)O)cc3C)c(F)c2F)CC1. The van der Waals surface area contributed by atoms with Crippen LogP contribution in [0.25, 0.3) is 0 Å². The standard InChI is InChI=1S/C22H27F2O4P/c1-4-15-5-7-16(8-6-15)18-9-10-19(21(24)20(18)23)28-22-13(2)11-17(12-14(22)3)29(25,26)27/h9-12,15-16H,4-8H2,1-3H3,(H2,25,26,27). The molecule has 1 saturated carbocycles. The monoisotopic (exact) mass is 424 g/mol. The van der Waals surface area contributed by atoms with Crippen molar-refractivity contribution in [3.63, 3.8) is 0 Å². The summed E-state index contributed by atoms with van der Waals surface area (Å²) < 4.78 is 46.7. The number of hydrogen-bond donors (Lipinski definition) is 2. The van der Waals surface area contributed by atoms with E-state index < -0.39 is 19.2 Å². The number of hydrogen-bond acceptors (Lipinski definition) is 2. The molecule has 0 saturated heterocycles. The summed E-state index contributed by atoms with van der Waals surface area (Å²) in [7, 11) is -4.41. The summed E-state index contributed by atoms with van der Waals surface area (Å²) in [6.45, 7) is 5.38. The molecule has 7 heteroatoms. The third-order valence-corrected chi connectivity index (χ3v) is 6.87. The fraction of sp³-hybridized carbons (Fsp3) is 0.455. The van der Waals surface area contributed by atoms with Crippen LogP contribution in [0.4, 0.5) is 8.78 Å². The summed E-state index contributed by atoms with van der Waals surface area (Å²) in [6, 6.07) is 5.64. The molecule has 1 aliphatic rings. The van der Waals surface area contributed by atoms with Crippen LogP contribution in [0.15, 0.2) is 24.3 Å². The Balaban J connectivity index is 1.86. The van der Waals surface area contributed by atoms with Crippen LogP contribution < -0.4 is 10.0 Å². The molecule has 3 rings (SSSR count). The van der Waals surface area contributed by atoms with Crippen LogP contribution in [0.2, 0.25) is 0 Å². The van der Waals surface area contributed by atoms with Crippen molar-refractivity contribution in [2.75, 3.05) is 0 Å². The molecule has 2 N–H and O–H groups in total. The van der Waals surface area contributed by atoms with Gasteiger partial charge in [-0.05, 0) is 86.3 Å². The molecule has 0 spiro atoms. The van der Waals surface area contributed by atoms with Gasteiger partial charge in [0.05, 0.1) is 5.30 Å². The minimum atomic E-state index is -4.41. The molecule has 4 nitrogen and oxygen atoms in total. The molecule has 0 aliphatic heterocycles. The Morgan fingerprint density at radius 1 is 1.03 bits per heavy atom. The van der Waals surface area contributed by atoms with E-state index in [1.165, 1.54) is 18.2 Å². The lowest BCUT2D eigenvalue weighted by molar-refractivity contribution is 0.311. The van der Waals surface area contributed by atoms with Gasteiger partial charge in [-0.2, -0.15) is 4.39 Å². The Bertz CT molecular complexity index is 923. The van der Waals surface area contributed by atoms with E-state index in [0.717, 1.165) is 32.1 Å². The van der Waals surface area contributed by atoms with E-state index in [9.17, 15) is 23.1 Å². The van der Waals surface area contributed by atoms with Crippen molar-refractivity contribution in [3.8, 4) is 11.5 Å². The second kappa shape index (κ2) is 8.55. The molecule has 0 aromatic heterocycles. The van der Waals surface area contributed by atoms with Crippen LogP contribution in [-0.2, 0) is 4.57 Å². The van der Waals surface area contributed by atoms with Gasteiger partial charge < -0.3 is 14.5 Å². The molecule has 0 heterocycles. The smallest absolute Gasteiger partial charge is 0.356 e. The highest BCUT2D eigenvalue weighted by Gasteiger charge is 2.27. The van der Waals surface area contributed by atoms with Gasteiger partial charge in [0.2, 0.25) is 5.82 Å². The maximum absolute atomic E-state index is 14.8. The fourth-order valence-corrected chi connectivity index (χ4v) is 4.91. The van der Waals surface area contributed by atoms with Gasteiger partial charge in [0.25, 0.3) is 0 Å². The largest absolute Gasteiger partial charge is 0.454 e. The summed E-state index contributed by atoms with van der Waals surface area (Å²) in [5, 5.41) is -0.135. The van der Waals surface area contributed by atoms with Gasteiger partial charge in [-0.1, -0.05) is 19.4 Å². The third-order valence-electron chi connectivity index (χ3n) is 5.93. The van der Waals surface area contributed by atoms with Crippen molar-refractivity contribution in [1.29, 1.82) is 0 Å². The Morgan fingerprint density at radius 2 is 1.62 bits per heavy atom. The highest BCUT2D eigenvalue weighted by molar-refractivity contribution is 7.60. The molecule has 1 fully saturated rings. The van der Waals surface area contributed by atoms with E-state index in [4.69, 9.17) is 4.74 Å². The highest BCUT2D eigenvalue weighted by Crippen LogP contribution is 2.41. The first kappa shape index (κ1) is 21.9. The van der Waals surface area contributed by atoms with Crippen LogP contribution in [0.5, 0.6) is 11.5 Å². The van der Waals surface area contributed by atoms with E-state index in [0.29, 0.717) is 22.6 Å². The van der Waals surface area contributed by atoms with Crippen molar-refractivity contribution >= 4 is 12.9 Å². The minimum Gasteiger partial charge on any atom is -0.454 e. The zero-order chi connectivity index (χ0) is 21.3. The van der Waals surface area contributed by atoms with Crippen LogP contribution in [0, 0.1) is 31.4 Å². The molecule has 0 amide bonds. The topological polar surface area (TPSA) is 66.8 Å². The fourth-order valence-electron chi connectivity index (χ4n) is 4.19. The second-order valence-electron chi connectivity index (χ2n) is 7.96. The van der Waals surface area contributed by atoms with E-state index >= 15 is 0 Å². The van der Waals surface area contributed by atoms with Crippen molar-refractivity contribution in [3.05, 3.63) is 52.6 Å². The van der Waals surface area contributed by atoms with Crippen molar-refractivity contribution in [1.82, 2.24) is 0 Å². The number of ether oxygens (including phenoxy) is 1. The van der Waals surface area contributed by atoms with Gasteiger partial charge in [-0.25, -0.2) is 4.39 Å². The third kappa shape index (κ3) is 4.71. The van der Waals surface area contributed by atoms with Crippen LogP contribution in [0.3, 0.4) is 0 Å². The predicted molar refractivity (Wildman–Crippen MR) is 109 cm³/mol. The molecular formula is C22H27F2O4P. The molecule has 2 aromatic rings. The maximum atomic E-state index is 14.8.